The number of cyclic esters (lactones) is 1. The number of benzene rings is 2. The van der Waals surface area contributed by atoms with Gasteiger partial charge in [0.05, 0.1) is 33.6 Å². The maximum atomic E-state index is 15.3. The molecule has 6 rings (SSSR count). The second kappa shape index (κ2) is 33.8. The minimum atomic E-state index is -5.20. The molecular weight excluding hydrogens is 1320 g/mol. The molecule has 96 heavy (non-hydrogen) atoms. The number of nitrogens with one attached hydrogen (secondary N) is 11. The van der Waals surface area contributed by atoms with Crippen LogP contribution in [-0.4, -0.2) is 195 Å². The molecule has 2 bridgehead atoms. The van der Waals surface area contributed by atoms with Crippen LogP contribution in [0.15, 0.2) is 54.4 Å². The lowest BCUT2D eigenvalue weighted by atomic mass is 9.96. The summed E-state index contributed by atoms with van der Waals surface area (Å²) >= 11 is 13.3. The third-order valence-electron chi connectivity index (χ3n) is 16.1. The van der Waals surface area contributed by atoms with Gasteiger partial charge in [0, 0.05) is 49.1 Å². The van der Waals surface area contributed by atoms with E-state index in [4.69, 9.17) is 33.0 Å². The normalized spacial score (nSPS) is 22.3. The number of esters is 1. The number of hydrogen-bond donors (Lipinski definition) is 14. The van der Waals surface area contributed by atoms with Crippen molar-refractivity contribution in [1.82, 2.24) is 62.7 Å². The van der Waals surface area contributed by atoms with Crippen LogP contribution in [0.2, 0.25) is 10.0 Å². The number of carbonyl (C=O) groups excluding carboxylic acids is 11. The lowest BCUT2D eigenvalue weighted by Crippen LogP contribution is -2.61. The number of hydrogen-bond acceptors (Lipinski definition) is 16. The molecule has 10 unspecified atom stereocenters. The second-order valence-corrected chi connectivity index (χ2v) is 27.6. The Balaban J connectivity index is 1.44. The SMILES string of the molecule is CC(C)=CCc1ccc(Cl)c2[nH]cc(CC3NC(=O)C(Cc4c[nH]c5c(Cl)cccc45)NC(=O)C4CCN(C4)C(=O)C(CS(=O)(=O)O)NC(=O)C(NC(=O)C(NC(=O)C(C)NC(=O)CC(=O)O)C(C)C)COC(=O)C(CO)NC(=O)C(CC(C)C)NC(=O)C(C(C)C)NC3=O)c12. The largest absolute Gasteiger partial charge is 0.481 e. The molecule has 2 aliphatic rings. The van der Waals surface area contributed by atoms with E-state index in [-0.39, 0.29) is 38.1 Å². The molecule has 2 aromatic heterocycles. The summed E-state index contributed by atoms with van der Waals surface area (Å²) in [6.07, 6.45) is 3.96. The fourth-order valence-electron chi connectivity index (χ4n) is 11.0. The quantitative estimate of drug-likeness (QED) is 0.0251. The molecule has 0 saturated carbocycles. The van der Waals surface area contributed by atoms with E-state index in [1.165, 1.54) is 20.8 Å². The first-order chi connectivity index (χ1) is 45.0. The van der Waals surface area contributed by atoms with Crippen LogP contribution in [-0.2, 0) is 91.7 Å². The van der Waals surface area contributed by atoms with Crippen molar-refractivity contribution in [3.63, 3.8) is 0 Å². The Morgan fingerprint density at radius 1 is 0.708 bits per heavy atom. The van der Waals surface area contributed by atoms with E-state index in [0.29, 0.717) is 49.4 Å². The standard InChI is InChI=1S/C63H84Cl2N12O18S/c1-29(2)13-14-34-15-16-40(65)53-49(34)37(24-67-53)21-43-58(86)76-51(32(7)8)60(88)71-41(19-30(3)4)56(84)72-44(26-78)63(91)95-27-45(73-61(89)50(31(5)6)75-54(82)33(9)68-47(79)22-48(80)81)59(87)74-46(28-96(92,93)94)62(90)77-18-17-35(25-77)55(83)69-42(57(85)70-43)20-36-23-66-52-38(36)11-10-12-39(52)64/h10-13,15-16,23-24,30-33,35,41-46,50-51,66-67,78H,14,17-22,25-28H2,1-9H3,(H,68,79)(H,69,83)(H,70,85)(H,71,88)(H,72,84)(H,73,89)(H,74,87)(H,75,82)(H,76,86)(H,80,81)(H,92,93,94). The Labute approximate surface area is 563 Å². The Morgan fingerprint density at radius 3 is 1.93 bits per heavy atom. The Morgan fingerprint density at radius 2 is 1.30 bits per heavy atom. The number of carbonyl (C=O) groups is 12. The monoisotopic (exact) mass is 1400 g/mol. The van der Waals surface area contributed by atoms with Crippen LogP contribution in [0, 0.1) is 23.7 Å². The number of aromatic nitrogens is 2. The molecule has 10 amide bonds. The highest BCUT2D eigenvalue weighted by Gasteiger charge is 2.41. The molecule has 33 heteroatoms. The number of aromatic amines is 2. The lowest BCUT2D eigenvalue weighted by Gasteiger charge is -2.29. The predicted octanol–water partition coefficient (Wildman–Crippen LogP) is 0.751. The van der Waals surface area contributed by atoms with Gasteiger partial charge in [0.25, 0.3) is 10.1 Å². The summed E-state index contributed by atoms with van der Waals surface area (Å²) in [5.41, 5.74) is 3.86. The molecule has 2 saturated heterocycles. The zero-order valence-corrected chi connectivity index (χ0v) is 56.8. The van der Waals surface area contributed by atoms with Crippen LogP contribution in [0.25, 0.3) is 21.8 Å². The van der Waals surface area contributed by atoms with Gasteiger partial charge in [-0.25, -0.2) is 4.79 Å². The van der Waals surface area contributed by atoms with Gasteiger partial charge in [-0.3, -0.25) is 57.3 Å². The number of amides is 10. The highest BCUT2D eigenvalue weighted by Crippen LogP contribution is 2.32. The van der Waals surface area contributed by atoms with Crippen LogP contribution in [0.3, 0.4) is 0 Å². The summed E-state index contributed by atoms with van der Waals surface area (Å²) in [5, 5.41) is 43.8. The number of aliphatic carboxylic acids is 1. The Hall–Kier alpha value is -8.65. The first-order valence-electron chi connectivity index (χ1n) is 31.2. The maximum Gasteiger partial charge on any atom is 0.331 e. The number of halogens is 2. The van der Waals surface area contributed by atoms with Gasteiger partial charge < -0.3 is 77.7 Å². The van der Waals surface area contributed by atoms with Crippen molar-refractivity contribution in [2.75, 3.05) is 32.1 Å². The molecule has 0 radical (unpaired) electrons. The van der Waals surface area contributed by atoms with E-state index in [1.54, 1.807) is 64.4 Å². The molecule has 0 aliphatic carbocycles. The second-order valence-electron chi connectivity index (χ2n) is 25.3. The third-order valence-corrected chi connectivity index (χ3v) is 17.5. The Kier molecular flexibility index (Phi) is 26.9. The minimum absolute atomic E-state index is 0.104. The number of H-pyrrole nitrogens is 2. The van der Waals surface area contributed by atoms with Crippen LogP contribution < -0.4 is 47.9 Å². The number of nitrogens with zero attached hydrogens (tertiary/aromatic N) is 1. The highest BCUT2D eigenvalue weighted by molar-refractivity contribution is 7.85. The molecule has 0 spiro atoms. The van der Waals surface area contributed by atoms with Gasteiger partial charge in [-0.1, -0.05) is 94.6 Å². The summed E-state index contributed by atoms with van der Waals surface area (Å²) in [6.45, 7) is 11.4. The van der Waals surface area contributed by atoms with Gasteiger partial charge in [0.2, 0.25) is 59.1 Å². The summed E-state index contributed by atoms with van der Waals surface area (Å²) in [4.78, 5) is 175. The highest BCUT2D eigenvalue weighted by atomic mass is 35.5. The molecule has 30 nitrogen and oxygen atoms in total. The summed E-state index contributed by atoms with van der Waals surface area (Å²) in [5.74, 6) is -17.9. The molecule has 4 heterocycles. The van der Waals surface area contributed by atoms with Crippen LogP contribution in [0.5, 0.6) is 0 Å². The van der Waals surface area contributed by atoms with Crippen molar-refractivity contribution in [3.05, 3.63) is 81.1 Å². The van der Waals surface area contributed by atoms with Crippen molar-refractivity contribution in [2.24, 2.45) is 23.7 Å². The van der Waals surface area contributed by atoms with Crippen molar-refractivity contribution >= 4 is 126 Å². The Bertz CT molecular complexity index is 3760. The van der Waals surface area contributed by atoms with E-state index in [2.05, 4.69) is 57.8 Å². The lowest BCUT2D eigenvalue weighted by molar-refractivity contribution is -0.152. The average molecular weight is 1400 g/mol. The van der Waals surface area contributed by atoms with Gasteiger partial charge in [-0.2, -0.15) is 8.42 Å². The van der Waals surface area contributed by atoms with Crippen molar-refractivity contribution in [3.8, 4) is 0 Å². The number of fused-ring (bicyclic) bond motifs is 4. The molecule has 2 aliphatic heterocycles. The zero-order chi connectivity index (χ0) is 71.2. The smallest absolute Gasteiger partial charge is 0.331 e. The maximum absolute atomic E-state index is 15.3. The molecule has 14 N–H and O–H groups in total. The first kappa shape index (κ1) is 76.4. The summed E-state index contributed by atoms with van der Waals surface area (Å²) in [6, 6.07) is -6.75. The number of allylic oxidation sites excluding steroid dienone is 2. The van der Waals surface area contributed by atoms with Gasteiger partial charge in [0.15, 0.2) is 6.04 Å². The fourth-order valence-corrected chi connectivity index (χ4v) is 12.1. The molecule has 524 valence electrons. The summed E-state index contributed by atoms with van der Waals surface area (Å²) in [7, 11) is -5.20. The van der Waals surface area contributed by atoms with Gasteiger partial charge in [-0.15, -0.1) is 0 Å². The number of carboxylic acids is 1. The number of rotatable bonds is 20. The number of carboxylic acid groups (broad SMARTS) is 1. The number of aliphatic hydroxyl groups excluding tert-OH is 1. The van der Waals surface area contributed by atoms with Crippen LogP contribution >= 0.6 is 23.2 Å². The van der Waals surface area contributed by atoms with Crippen LogP contribution in [0.1, 0.15) is 98.3 Å². The van der Waals surface area contributed by atoms with E-state index < -0.39 is 185 Å². The van der Waals surface area contributed by atoms with E-state index in [1.807, 2.05) is 26.0 Å². The number of ether oxygens (including phenoxy) is 1. The molecule has 2 aromatic carbocycles. The number of para-hydroxylation sites is 1. The molecule has 2 fully saturated rings. The van der Waals surface area contributed by atoms with E-state index >= 15 is 9.59 Å². The van der Waals surface area contributed by atoms with Crippen LogP contribution in [0.4, 0.5) is 0 Å². The van der Waals surface area contributed by atoms with Gasteiger partial charge in [-0.05, 0) is 86.6 Å². The van der Waals surface area contributed by atoms with E-state index in [9.17, 15) is 66.0 Å². The van der Waals surface area contributed by atoms with Crippen molar-refractivity contribution < 1.29 is 85.5 Å². The first-order valence-corrected chi connectivity index (χ1v) is 33.5. The summed E-state index contributed by atoms with van der Waals surface area (Å²) < 4.78 is 40.9. The van der Waals surface area contributed by atoms with Crippen molar-refractivity contribution in [1.29, 1.82) is 0 Å². The third kappa shape index (κ3) is 20.9. The molecular formula is C63H84Cl2N12O18S. The van der Waals surface area contributed by atoms with Gasteiger partial charge >= 0.3 is 11.9 Å². The predicted molar refractivity (Wildman–Crippen MR) is 351 cm³/mol. The van der Waals surface area contributed by atoms with Crippen molar-refractivity contribution in [2.45, 2.75) is 155 Å². The average Bonchev–Trinajstić information content (AvgIpc) is 1.54. The number of aliphatic hydroxyl groups is 1. The van der Waals surface area contributed by atoms with E-state index in [0.717, 1.165) is 16.0 Å². The topological polar surface area (TPSA) is 452 Å². The minimum Gasteiger partial charge on any atom is -0.481 e. The fraction of sp³-hybridized carbons (Fsp3) is 0.524. The molecule has 4 aromatic rings. The zero-order valence-electron chi connectivity index (χ0n) is 54.5. The molecule has 10 atom stereocenters. The van der Waals surface area contributed by atoms with Gasteiger partial charge in [0.1, 0.15) is 67.1 Å².